The third kappa shape index (κ3) is 1.29. The van der Waals surface area contributed by atoms with Gasteiger partial charge in [-0.05, 0) is 11.1 Å². The van der Waals surface area contributed by atoms with Crippen LogP contribution in [0, 0.1) is 0 Å². The van der Waals surface area contributed by atoms with Crippen molar-refractivity contribution >= 4 is 11.8 Å². The second kappa shape index (κ2) is 3.23. The molecule has 4 heteroatoms. The molecular formula is C10H8O4. The molecule has 0 amide bonds. The number of hydrogen-bond acceptors (Lipinski definition) is 3. The number of ketones is 1. The zero-order chi connectivity index (χ0) is 10.1. The summed E-state index contributed by atoms with van der Waals surface area (Å²) in [7, 11) is 0. The Labute approximate surface area is 80.1 Å². The lowest BCUT2D eigenvalue weighted by atomic mass is 10.0. The standard InChI is InChI=1S/C10H8O4/c11-9(10(12)13)7-3-1-2-6-4-14-5-8(6)7/h1-3H,4-5H2,(H,12,13). The summed E-state index contributed by atoms with van der Waals surface area (Å²) in [5.74, 6) is -2.29. The van der Waals surface area contributed by atoms with Crippen molar-refractivity contribution in [2.24, 2.45) is 0 Å². The van der Waals surface area contributed by atoms with Gasteiger partial charge in [0.15, 0.2) is 0 Å². The molecule has 0 bridgehead atoms. The Morgan fingerprint density at radius 2 is 2.07 bits per heavy atom. The second-order valence-electron chi connectivity index (χ2n) is 3.07. The Kier molecular flexibility index (Phi) is 2.05. The summed E-state index contributed by atoms with van der Waals surface area (Å²) in [4.78, 5) is 21.8. The molecule has 1 aromatic carbocycles. The van der Waals surface area contributed by atoms with E-state index in [0.717, 1.165) is 5.56 Å². The van der Waals surface area contributed by atoms with Gasteiger partial charge in [-0.15, -0.1) is 0 Å². The van der Waals surface area contributed by atoms with Crippen molar-refractivity contribution in [1.29, 1.82) is 0 Å². The smallest absolute Gasteiger partial charge is 0.377 e. The topological polar surface area (TPSA) is 63.6 Å². The molecule has 1 aliphatic rings. The van der Waals surface area contributed by atoms with E-state index >= 15 is 0 Å². The predicted molar refractivity (Wildman–Crippen MR) is 46.9 cm³/mol. The fraction of sp³-hybridized carbons (Fsp3) is 0.200. The average Bonchev–Trinajstić information content (AvgIpc) is 2.63. The van der Waals surface area contributed by atoms with Gasteiger partial charge in [-0.25, -0.2) is 4.79 Å². The number of carboxylic acids is 1. The first-order chi connectivity index (χ1) is 6.70. The maximum Gasteiger partial charge on any atom is 0.377 e. The number of aliphatic carboxylic acids is 1. The third-order valence-corrected chi connectivity index (χ3v) is 2.22. The van der Waals surface area contributed by atoms with E-state index in [1.807, 2.05) is 6.07 Å². The molecule has 1 N–H and O–H groups in total. The van der Waals surface area contributed by atoms with Gasteiger partial charge >= 0.3 is 5.97 Å². The normalized spacial score (nSPS) is 13.7. The molecule has 0 saturated carbocycles. The number of carbonyl (C=O) groups is 2. The molecule has 0 aromatic heterocycles. The summed E-state index contributed by atoms with van der Waals surface area (Å²) < 4.78 is 5.14. The molecule has 0 aliphatic carbocycles. The molecule has 2 rings (SSSR count). The van der Waals surface area contributed by atoms with Gasteiger partial charge in [0.1, 0.15) is 0 Å². The van der Waals surface area contributed by atoms with E-state index in [2.05, 4.69) is 0 Å². The highest BCUT2D eigenvalue weighted by Gasteiger charge is 2.22. The van der Waals surface area contributed by atoms with Crippen LogP contribution in [0.5, 0.6) is 0 Å². The average molecular weight is 192 g/mol. The van der Waals surface area contributed by atoms with E-state index in [0.29, 0.717) is 18.8 Å². The molecule has 0 spiro atoms. The van der Waals surface area contributed by atoms with Crippen molar-refractivity contribution in [3.05, 3.63) is 34.9 Å². The van der Waals surface area contributed by atoms with Crippen molar-refractivity contribution < 1.29 is 19.4 Å². The lowest BCUT2D eigenvalue weighted by Gasteiger charge is -2.02. The fourth-order valence-corrected chi connectivity index (χ4v) is 1.53. The number of carbonyl (C=O) groups excluding carboxylic acids is 1. The van der Waals surface area contributed by atoms with E-state index in [1.165, 1.54) is 6.07 Å². The van der Waals surface area contributed by atoms with Crippen LogP contribution in [0.4, 0.5) is 0 Å². The van der Waals surface area contributed by atoms with Crippen molar-refractivity contribution in [2.75, 3.05) is 0 Å². The van der Waals surface area contributed by atoms with Crippen molar-refractivity contribution in [2.45, 2.75) is 13.2 Å². The molecule has 0 atom stereocenters. The highest BCUT2D eigenvalue weighted by Crippen LogP contribution is 2.23. The highest BCUT2D eigenvalue weighted by atomic mass is 16.5. The van der Waals surface area contributed by atoms with Gasteiger partial charge in [0, 0.05) is 5.56 Å². The Morgan fingerprint density at radius 3 is 2.79 bits per heavy atom. The Morgan fingerprint density at radius 1 is 1.29 bits per heavy atom. The molecule has 1 aromatic rings. The van der Waals surface area contributed by atoms with Gasteiger partial charge < -0.3 is 9.84 Å². The van der Waals surface area contributed by atoms with Crippen LogP contribution >= 0.6 is 0 Å². The first kappa shape index (κ1) is 8.90. The molecule has 0 saturated heterocycles. The van der Waals surface area contributed by atoms with Crippen molar-refractivity contribution in [3.8, 4) is 0 Å². The summed E-state index contributed by atoms with van der Waals surface area (Å²) >= 11 is 0. The molecule has 14 heavy (non-hydrogen) atoms. The summed E-state index contributed by atoms with van der Waals surface area (Å²) in [6.07, 6.45) is 0. The van der Waals surface area contributed by atoms with Gasteiger partial charge in [0.05, 0.1) is 13.2 Å². The molecule has 0 fully saturated rings. The summed E-state index contributed by atoms with van der Waals surface area (Å²) in [5, 5.41) is 8.58. The van der Waals surface area contributed by atoms with Crippen LogP contribution in [0.1, 0.15) is 21.5 Å². The number of hydrogen-bond donors (Lipinski definition) is 1. The van der Waals surface area contributed by atoms with E-state index in [4.69, 9.17) is 9.84 Å². The van der Waals surface area contributed by atoms with Crippen molar-refractivity contribution in [3.63, 3.8) is 0 Å². The molecular weight excluding hydrogens is 184 g/mol. The number of carboxylic acid groups (broad SMARTS) is 1. The number of fused-ring (bicyclic) bond motifs is 1. The van der Waals surface area contributed by atoms with Crippen LogP contribution in [-0.4, -0.2) is 16.9 Å². The molecule has 0 unspecified atom stereocenters. The first-order valence-corrected chi connectivity index (χ1v) is 4.16. The quantitative estimate of drug-likeness (QED) is 0.560. The second-order valence-corrected chi connectivity index (χ2v) is 3.07. The zero-order valence-electron chi connectivity index (χ0n) is 7.32. The first-order valence-electron chi connectivity index (χ1n) is 4.16. The van der Waals surface area contributed by atoms with Crippen LogP contribution < -0.4 is 0 Å². The van der Waals surface area contributed by atoms with Crippen LogP contribution in [0.15, 0.2) is 18.2 Å². The Hall–Kier alpha value is -1.68. The molecule has 1 aliphatic heterocycles. The number of benzene rings is 1. The number of ether oxygens (including phenoxy) is 1. The maximum atomic E-state index is 11.2. The molecule has 0 radical (unpaired) electrons. The van der Waals surface area contributed by atoms with Gasteiger partial charge in [0.25, 0.3) is 5.78 Å². The van der Waals surface area contributed by atoms with Crippen LogP contribution in [0.3, 0.4) is 0 Å². The maximum absolute atomic E-state index is 11.2. The van der Waals surface area contributed by atoms with E-state index in [-0.39, 0.29) is 5.56 Å². The van der Waals surface area contributed by atoms with Gasteiger partial charge in [0.2, 0.25) is 0 Å². The Bertz CT molecular complexity index is 409. The number of rotatable bonds is 2. The molecule has 72 valence electrons. The minimum atomic E-state index is -1.43. The minimum absolute atomic E-state index is 0.243. The van der Waals surface area contributed by atoms with E-state index in [1.54, 1.807) is 6.07 Å². The summed E-state index contributed by atoms with van der Waals surface area (Å²) in [5.41, 5.74) is 1.85. The van der Waals surface area contributed by atoms with Gasteiger partial charge in [-0.1, -0.05) is 18.2 Å². The number of Topliss-reactive ketones (excluding diaryl/α,β-unsaturated/α-hetero) is 1. The van der Waals surface area contributed by atoms with Gasteiger partial charge in [-0.2, -0.15) is 0 Å². The lowest BCUT2D eigenvalue weighted by Crippen LogP contribution is -2.14. The van der Waals surface area contributed by atoms with E-state index < -0.39 is 11.8 Å². The zero-order valence-corrected chi connectivity index (χ0v) is 7.32. The Balaban J connectivity index is 2.49. The predicted octanol–water partition coefficient (Wildman–Crippen LogP) is 0.984. The summed E-state index contributed by atoms with van der Waals surface area (Å²) in [6, 6.07) is 5.02. The molecule has 1 heterocycles. The SMILES string of the molecule is O=C(O)C(=O)c1cccc2c1COC2. The lowest BCUT2D eigenvalue weighted by molar-refractivity contribution is -0.131. The fourth-order valence-electron chi connectivity index (χ4n) is 1.53. The van der Waals surface area contributed by atoms with Gasteiger partial charge in [-0.3, -0.25) is 4.79 Å². The highest BCUT2D eigenvalue weighted by molar-refractivity contribution is 6.40. The largest absolute Gasteiger partial charge is 0.475 e. The minimum Gasteiger partial charge on any atom is -0.475 e. The third-order valence-electron chi connectivity index (χ3n) is 2.22. The van der Waals surface area contributed by atoms with Crippen LogP contribution in [0.25, 0.3) is 0 Å². The van der Waals surface area contributed by atoms with Crippen LogP contribution in [0.2, 0.25) is 0 Å². The molecule has 4 nitrogen and oxygen atoms in total. The summed E-state index contributed by atoms with van der Waals surface area (Å²) in [6.45, 7) is 0.778. The monoisotopic (exact) mass is 192 g/mol. The van der Waals surface area contributed by atoms with E-state index in [9.17, 15) is 9.59 Å². The van der Waals surface area contributed by atoms with Crippen molar-refractivity contribution in [1.82, 2.24) is 0 Å². The van der Waals surface area contributed by atoms with Crippen LogP contribution in [-0.2, 0) is 22.7 Å².